The summed E-state index contributed by atoms with van der Waals surface area (Å²) >= 11 is 0. The van der Waals surface area contributed by atoms with E-state index >= 15 is 0 Å². The summed E-state index contributed by atoms with van der Waals surface area (Å²) < 4.78 is 0. The Labute approximate surface area is 57.7 Å². The predicted molar refractivity (Wildman–Crippen MR) is 43.3 cm³/mol. The molecule has 0 amide bonds. The molecule has 0 fully saturated rings. The summed E-state index contributed by atoms with van der Waals surface area (Å²) in [5, 5.41) is 6.68. The Morgan fingerprint density at radius 3 is 1.78 bits per heavy atom. The Bertz CT molecular complexity index is 110. The van der Waals surface area contributed by atoms with Crippen molar-refractivity contribution in [2.75, 3.05) is 0 Å². The van der Waals surface area contributed by atoms with Crippen molar-refractivity contribution in [2.24, 2.45) is 11.5 Å². The van der Waals surface area contributed by atoms with Crippen LogP contribution in [0, 0.1) is 5.41 Å². The van der Waals surface area contributed by atoms with Crippen LogP contribution in [0.1, 0.15) is 22.2 Å². The highest BCUT2D eigenvalue weighted by atomic mass is 14.8. The number of amidine groups is 1. The molecule has 0 aromatic carbocycles. The minimum Gasteiger partial charge on any atom is -0.396 e. The van der Waals surface area contributed by atoms with E-state index in [0.717, 1.165) is 0 Å². The van der Waals surface area contributed by atoms with Gasteiger partial charge in [-0.15, -0.1) is 0 Å². The number of rotatable bonds is 1. The van der Waals surface area contributed by atoms with Crippen LogP contribution < -0.4 is 11.5 Å². The van der Waals surface area contributed by atoms with Crippen molar-refractivity contribution in [3.63, 3.8) is 0 Å². The molecule has 5 N–H and O–H groups in total. The van der Waals surface area contributed by atoms with E-state index in [0.29, 0.717) is 5.70 Å². The highest BCUT2D eigenvalue weighted by Gasteiger charge is 1.85. The first-order valence-electron chi connectivity index (χ1n) is 2.94. The zero-order valence-electron chi connectivity index (χ0n) is 6.23. The van der Waals surface area contributed by atoms with Crippen molar-refractivity contribution in [2.45, 2.75) is 20.8 Å². The van der Waals surface area contributed by atoms with Gasteiger partial charge in [-0.3, -0.25) is 5.41 Å². The van der Waals surface area contributed by atoms with E-state index < -0.39 is 0 Å². The van der Waals surface area contributed by atoms with Gasteiger partial charge in [0.05, 0.1) is 5.70 Å². The standard InChI is InChI=1S/C4H9N3.C2H6.H2/c1-2-3(5)4(6)7;1-2;/h2H,5H2,1H3,(H3,6,7);1-2H3;1H/b3-2-;;. The SMILES string of the molecule is C/C=C(\N)C(=N)N.CC.[HH]. The summed E-state index contributed by atoms with van der Waals surface area (Å²) in [5.41, 5.74) is 10.4. The van der Waals surface area contributed by atoms with Gasteiger partial charge in [-0.1, -0.05) is 19.9 Å². The molecule has 3 heteroatoms. The number of hydrogen-bond donors (Lipinski definition) is 3. The van der Waals surface area contributed by atoms with Crippen molar-refractivity contribution < 1.29 is 1.43 Å². The molecule has 0 rings (SSSR count). The van der Waals surface area contributed by atoms with Crippen LogP contribution in [0.3, 0.4) is 0 Å². The average molecular weight is 131 g/mol. The maximum absolute atomic E-state index is 6.68. The maximum Gasteiger partial charge on any atom is 0.138 e. The van der Waals surface area contributed by atoms with E-state index in [1.54, 1.807) is 13.0 Å². The van der Waals surface area contributed by atoms with Gasteiger partial charge in [0, 0.05) is 1.43 Å². The molecule has 0 aliphatic heterocycles. The summed E-state index contributed by atoms with van der Waals surface area (Å²) in [5.74, 6) is -0.0671. The third-order valence-corrected chi connectivity index (χ3v) is 0.622. The molecular weight excluding hydrogens is 114 g/mol. The van der Waals surface area contributed by atoms with Crippen LogP contribution in [-0.2, 0) is 0 Å². The molecule has 0 radical (unpaired) electrons. The zero-order valence-corrected chi connectivity index (χ0v) is 6.23. The van der Waals surface area contributed by atoms with Crippen LogP contribution in [0.25, 0.3) is 0 Å². The van der Waals surface area contributed by atoms with E-state index in [4.69, 9.17) is 16.9 Å². The van der Waals surface area contributed by atoms with Crippen molar-refractivity contribution in [3.05, 3.63) is 11.8 Å². The van der Waals surface area contributed by atoms with Gasteiger partial charge < -0.3 is 11.5 Å². The monoisotopic (exact) mass is 131 g/mol. The normalized spacial score (nSPS) is 9.44. The first-order valence-corrected chi connectivity index (χ1v) is 2.94. The van der Waals surface area contributed by atoms with Crippen molar-refractivity contribution in [1.82, 2.24) is 0 Å². The molecule has 3 nitrogen and oxygen atoms in total. The molecule has 0 saturated carbocycles. The molecule has 0 unspecified atom stereocenters. The molecule has 56 valence electrons. The maximum atomic E-state index is 6.68. The van der Waals surface area contributed by atoms with Crippen LogP contribution in [0.5, 0.6) is 0 Å². The molecule has 0 heterocycles. The average Bonchev–Trinajstić information content (AvgIpc) is 1.91. The quantitative estimate of drug-likeness (QED) is 0.367. The summed E-state index contributed by atoms with van der Waals surface area (Å²) in [6.07, 6.45) is 1.59. The zero-order chi connectivity index (χ0) is 7.86. The van der Waals surface area contributed by atoms with Crippen LogP contribution in [0.15, 0.2) is 11.8 Å². The molecule has 0 saturated heterocycles. The smallest absolute Gasteiger partial charge is 0.138 e. The van der Waals surface area contributed by atoms with Crippen molar-refractivity contribution in [3.8, 4) is 0 Å². The van der Waals surface area contributed by atoms with Gasteiger partial charge in [-0.2, -0.15) is 0 Å². The number of allylic oxidation sites excluding steroid dienone is 1. The lowest BCUT2D eigenvalue weighted by molar-refractivity contribution is 1.34. The predicted octanol–water partition coefficient (Wildman–Crippen LogP) is 1.06. The van der Waals surface area contributed by atoms with E-state index in [1.165, 1.54) is 0 Å². The lowest BCUT2D eigenvalue weighted by Crippen LogP contribution is -2.18. The van der Waals surface area contributed by atoms with E-state index in [1.807, 2.05) is 13.8 Å². The number of nitrogens with two attached hydrogens (primary N) is 2. The first kappa shape index (κ1) is 10.9. The molecule has 0 bridgehead atoms. The molecule has 0 aromatic heterocycles. The number of hydrogen-bond acceptors (Lipinski definition) is 2. The minimum atomic E-state index is -0.0671. The molecule has 0 spiro atoms. The van der Waals surface area contributed by atoms with Crippen molar-refractivity contribution >= 4 is 5.84 Å². The van der Waals surface area contributed by atoms with Gasteiger partial charge in [0.1, 0.15) is 5.84 Å². The van der Waals surface area contributed by atoms with Crippen LogP contribution in [0.4, 0.5) is 0 Å². The third kappa shape index (κ3) is 7.01. The Kier molecular flexibility index (Phi) is 8.49. The molecule has 9 heavy (non-hydrogen) atoms. The lowest BCUT2D eigenvalue weighted by atomic mass is 10.4. The van der Waals surface area contributed by atoms with Crippen molar-refractivity contribution in [1.29, 1.82) is 5.41 Å². The van der Waals surface area contributed by atoms with Gasteiger partial charge in [-0.25, -0.2) is 0 Å². The second-order valence-electron chi connectivity index (χ2n) is 1.16. The van der Waals surface area contributed by atoms with Crippen LogP contribution >= 0.6 is 0 Å². The second kappa shape index (κ2) is 7.01. The van der Waals surface area contributed by atoms with Gasteiger partial charge >= 0.3 is 0 Å². The summed E-state index contributed by atoms with van der Waals surface area (Å²) in [6.45, 7) is 5.73. The van der Waals surface area contributed by atoms with Gasteiger partial charge in [0.25, 0.3) is 0 Å². The van der Waals surface area contributed by atoms with Gasteiger partial charge in [0.15, 0.2) is 0 Å². The Morgan fingerprint density at radius 1 is 1.44 bits per heavy atom. The summed E-state index contributed by atoms with van der Waals surface area (Å²) in [4.78, 5) is 0. The second-order valence-corrected chi connectivity index (χ2v) is 1.16. The van der Waals surface area contributed by atoms with E-state index in [9.17, 15) is 0 Å². The number of nitrogens with one attached hydrogen (secondary N) is 1. The largest absolute Gasteiger partial charge is 0.396 e. The molecule has 0 aliphatic carbocycles. The molecular formula is C6H17N3. The highest BCUT2D eigenvalue weighted by molar-refractivity contribution is 5.93. The minimum absolute atomic E-state index is 0. The lowest BCUT2D eigenvalue weighted by Gasteiger charge is -1.90. The van der Waals surface area contributed by atoms with Gasteiger partial charge in [-0.05, 0) is 6.92 Å². The van der Waals surface area contributed by atoms with Gasteiger partial charge in [0.2, 0.25) is 0 Å². The van der Waals surface area contributed by atoms with E-state index in [2.05, 4.69) is 0 Å². The van der Waals surface area contributed by atoms with Crippen LogP contribution in [0.2, 0.25) is 0 Å². The van der Waals surface area contributed by atoms with Crippen LogP contribution in [-0.4, -0.2) is 5.84 Å². The summed E-state index contributed by atoms with van der Waals surface area (Å²) in [6, 6.07) is 0. The topological polar surface area (TPSA) is 75.9 Å². The Morgan fingerprint density at radius 2 is 1.78 bits per heavy atom. The Balaban J connectivity index is -0.000000149. The third-order valence-electron chi connectivity index (χ3n) is 0.622. The molecule has 0 atom stereocenters. The fourth-order valence-electron chi connectivity index (χ4n) is 0.156. The summed E-state index contributed by atoms with van der Waals surface area (Å²) in [7, 11) is 0. The fraction of sp³-hybridized carbons (Fsp3) is 0.500. The molecule has 0 aromatic rings. The fourth-order valence-corrected chi connectivity index (χ4v) is 0.156. The Hall–Kier alpha value is -0.990. The van der Waals surface area contributed by atoms with E-state index in [-0.39, 0.29) is 7.26 Å². The highest BCUT2D eigenvalue weighted by Crippen LogP contribution is 1.76. The first-order chi connectivity index (χ1) is 4.18. The molecule has 0 aliphatic rings.